The number of alkyl halides is 2. The van der Waals surface area contributed by atoms with E-state index in [1.54, 1.807) is 6.92 Å². The Morgan fingerprint density at radius 2 is 1.79 bits per heavy atom. The molecule has 0 rings (SSSR count). The number of sulfone groups is 1. The molecule has 0 heterocycles. The van der Waals surface area contributed by atoms with Crippen LogP contribution in [0.3, 0.4) is 0 Å². The summed E-state index contributed by atoms with van der Waals surface area (Å²) in [7, 11) is -2.91. The van der Waals surface area contributed by atoms with Crippen LogP contribution in [0.1, 0.15) is 13.8 Å². The average molecular weight is 262 g/mol. The molecule has 0 amide bonds. The summed E-state index contributed by atoms with van der Waals surface area (Å²) in [6.07, 6.45) is 0. The summed E-state index contributed by atoms with van der Waals surface area (Å²) in [6, 6.07) is 0. The van der Waals surface area contributed by atoms with E-state index in [4.69, 9.17) is 23.2 Å². The molecule has 0 atom stereocenters. The van der Waals surface area contributed by atoms with E-state index in [1.807, 2.05) is 6.92 Å². The number of nitrogens with one attached hydrogen (secondary N) is 1. The van der Waals surface area contributed by atoms with Gasteiger partial charge in [-0.2, -0.15) is 0 Å². The molecular formula is C8H17Cl2NO2S. The molecule has 0 aromatic carbocycles. The second-order valence-electron chi connectivity index (χ2n) is 3.49. The lowest BCUT2D eigenvalue weighted by molar-refractivity contribution is 0.449. The van der Waals surface area contributed by atoms with Gasteiger partial charge in [0.2, 0.25) is 0 Å². The Bertz CT molecular complexity index is 250. The van der Waals surface area contributed by atoms with Gasteiger partial charge in [-0.1, -0.05) is 6.92 Å². The van der Waals surface area contributed by atoms with Crippen molar-refractivity contribution in [1.29, 1.82) is 0 Å². The maximum atomic E-state index is 11.2. The maximum Gasteiger partial charge on any atom is 0.151 e. The van der Waals surface area contributed by atoms with Crippen LogP contribution < -0.4 is 5.32 Å². The number of hydrogen-bond donors (Lipinski definition) is 1. The minimum atomic E-state index is -2.91. The van der Waals surface area contributed by atoms with Crippen LogP contribution in [0.15, 0.2) is 0 Å². The molecule has 0 unspecified atom stereocenters. The van der Waals surface area contributed by atoms with Gasteiger partial charge in [-0.25, -0.2) is 8.42 Å². The summed E-state index contributed by atoms with van der Waals surface area (Å²) in [4.78, 5) is 0. The quantitative estimate of drug-likeness (QED) is 0.702. The first-order valence-electron chi connectivity index (χ1n) is 4.46. The van der Waals surface area contributed by atoms with Gasteiger partial charge in [-0.05, 0) is 6.92 Å². The smallest absolute Gasteiger partial charge is 0.151 e. The largest absolute Gasteiger partial charge is 0.308 e. The summed E-state index contributed by atoms with van der Waals surface area (Å²) < 4.78 is 22.3. The number of rotatable bonds is 7. The monoisotopic (exact) mass is 261 g/mol. The van der Waals surface area contributed by atoms with Crippen molar-refractivity contribution in [2.24, 2.45) is 0 Å². The molecule has 0 aliphatic rings. The van der Waals surface area contributed by atoms with Gasteiger partial charge in [0, 0.05) is 29.6 Å². The fraction of sp³-hybridized carbons (Fsp3) is 1.00. The van der Waals surface area contributed by atoms with Crippen molar-refractivity contribution < 1.29 is 8.42 Å². The van der Waals surface area contributed by atoms with Crippen molar-refractivity contribution in [2.75, 3.05) is 29.8 Å². The highest BCUT2D eigenvalue weighted by Crippen LogP contribution is 2.08. The molecule has 0 saturated heterocycles. The Kier molecular flexibility index (Phi) is 6.37. The first-order valence-corrected chi connectivity index (χ1v) is 7.35. The summed E-state index contributed by atoms with van der Waals surface area (Å²) in [5, 5.41) is 3.04. The van der Waals surface area contributed by atoms with E-state index < -0.39 is 9.84 Å². The van der Waals surface area contributed by atoms with E-state index >= 15 is 0 Å². The molecule has 14 heavy (non-hydrogen) atoms. The topological polar surface area (TPSA) is 46.2 Å². The Balaban J connectivity index is 3.96. The highest BCUT2D eigenvalue weighted by atomic mass is 35.5. The van der Waals surface area contributed by atoms with E-state index in [9.17, 15) is 8.42 Å². The van der Waals surface area contributed by atoms with Crippen molar-refractivity contribution in [3.63, 3.8) is 0 Å². The van der Waals surface area contributed by atoms with Crippen molar-refractivity contribution in [2.45, 2.75) is 19.4 Å². The summed E-state index contributed by atoms with van der Waals surface area (Å²) in [6.45, 7) is 3.90. The van der Waals surface area contributed by atoms with Crippen LogP contribution in [0.25, 0.3) is 0 Å². The lowest BCUT2D eigenvalue weighted by Crippen LogP contribution is -2.47. The minimum absolute atomic E-state index is 0.132. The molecule has 1 N–H and O–H groups in total. The fourth-order valence-corrected chi connectivity index (χ4v) is 1.96. The molecule has 0 aliphatic carbocycles. The maximum absolute atomic E-state index is 11.2. The van der Waals surface area contributed by atoms with Crippen molar-refractivity contribution in [1.82, 2.24) is 5.32 Å². The Labute approximate surface area is 96.1 Å². The van der Waals surface area contributed by atoms with Gasteiger partial charge in [-0.15, -0.1) is 23.2 Å². The van der Waals surface area contributed by atoms with Crippen LogP contribution in [0, 0.1) is 0 Å². The molecular weight excluding hydrogens is 245 g/mol. The van der Waals surface area contributed by atoms with E-state index in [0.29, 0.717) is 18.3 Å². The van der Waals surface area contributed by atoms with Gasteiger partial charge in [0.15, 0.2) is 9.84 Å². The molecule has 0 spiro atoms. The predicted octanol–water partition coefficient (Wildman–Crippen LogP) is 1.25. The second-order valence-corrected chi connectivity index (χ2v) is 6.50. The normalized spacial score (nSPS) is 13.1. The summed E-state index contributed by atoms with van der Waals surface area (Å²) in [5.41, 5.74) is -0.383. The SMILES string of the molecule is CCS(=O)(=O)CCNC(C)(CCl)CCl. The predicted molar refractivity (Wildman–Crippen MR) is 62.2 cm³/mol. The lowest BCUT2D eigenvalue weighted by Gasteiger charge is -2.25. The van der Waals surface area contributed by atoms with E-state index in [0.717, 1.165) is 0 Å². The first kappa shape index (κ1) is 14.5. The Morgan fingerprint density at radius 1 is 1.29 bits per heavy atom. The Hall–Kier alpha value is 0.490. The fourth-order valence-electron chi connectivity index (χ4n) is 0.783. The van der Waals surface area contributed by atoms with Crippen molar-refractivity contribution in [3.05, 3.63) is 0 Å². The van der Waals surface area contributed by atoms with Gasteiger partial charge in [0.05, 0.1) is 5.75 Å². The lowest BCUT2D eigenvalue weighted by atomic mass is 10.1. The minimum Gasteiger partial charge on any atom is -0.308 e. The van der Waals surface area contributed by atoms with Crippen LogP contribution in [0.4, 0.5) is 0 Å². The van der Waals surface area contributed by atoms with Crippen LogP contribution in [-0.4, -0.2) is 43.8 Å². The molecule has 0 radical (unpaired) electrons. The standard InChI is InChI=1S/C8H17Cl2NO2S/c1-3-14(12,13)5-4-11-8(2,6-9)7-10/h11H,3-7H2,1-2H3. The van der Waals surface area contributed by atoms with E-state index in [1.165, 1.54) is 0 Å². The van der Waals surface area contributed by atoms with Gasteiger partial charge in [0.1, 0.15) is 0 Å². The molecule has 0 aliphatic heterocycles. The van der Waals surface area contributed by atoms with Crippen LogP contribution >= 0.6 is 23.2 Å². The first-order chi connectivity index (χ1) is 6.39. The Morgan fingerprint density at radius 3 is 2.14 bits per heavy atom. The van der Waals surface area contributed by atoms with E-state index in [2.05, 4.69) is 5.32 Å². The second kappa shape index (κ2) is 6.16. The van der Waals surface area contributed by atoms with Crippen molar-refractivity contribution >= 4 is 33.0 Å². The molecule has 3 nitrogen and oxygen atoms in total. The summed E-state index contributed by atoms with van der Waals surface area (Å²) in [5.74, 6) is 1.03. The molecule has 86 valence electrons. The molecule has 0 fully saturated rings. The number of hydrogen-bond acceptors (Lipinski definition) is 3. The summed E-state index contributed by atoms with van der Waals surface area (Å²) >= 11 is 11.4. The van der Waals surface area contributed by atoms with Gasteiger partial charge >= 0.3 is 0 Å². The zero-order valence-electron chi connectivity index (χ0n) is 8.52. The number of halogens is 2. The third kappa shape index (κ3) is 5.39. The zero-order valence-corrected chi connectivity index (χ0v) is 10.8. The van der Waals surface area contributed by atoms with Gasteiger partial charge in [-0.3, -0.25) is 0 Å². The van der Waals surface area contributed by atoms with Crippen molar-refractivity contribution in [3.8, 4) is 0 Å². The van der Waals surface area contributed by atoms with Gasteiger partial charge in [0.25, 0.3) is 0 Å². The highest BCUT2D eigenvalue weighted by Gasteiger charge is 2.21. The third-order valence-electron chi connectivity index (χ3n) is 1.99. The molecule has 0 aromatic rings. The van der Waals surface area contributed by atoms with Crippen LogP contribution in [0.5, 0.6) is 0 Å². The molecule has 0 bridgehead atoms. The molecule has 0 aromatic heterocycles. The zero-order chi connectivity index (χ0) is 11.2. The van der Waals surface area contributed by atoms with Gasteiger partial charge < -0.3 is 5.32 Å². The highest BCUT2D eigenvalue weighted by molar-refractivity contribution is 7.91. The van der Waals surface area contributed by atoms with E-state index in [-0.39, 0.29) is 17.0 Å². The molecule has 0 saturated carbocycles. The van der Waals surface area contributed by atoms with Crippen LogP contribution in [0.2, 0.25) is 0 Å². The van der Waals surface area contributed by atoms with Crippen LogP contribution in [-0.2, 0) is 9.84 Å². The molecule has 6 heteroatoms. The third-order valence-corrected chi connectivity index (χ3v) is 4.88. The average Bonchev–Trinajstić information content (AvgIpc) is 2.17.